The van der Waals surface area contributed by atoms with Gasteiger partial charge >= 0.3 is 7.12 Å². The Balaban J connectivity index is 1.63. The maximum atomic E-state index is 12.9. The number of nitrogens with zero attached hydrogens (tertiary/aromatic N) is 1. The Morgan fingerprint density at radius 3 is 2.17 bits per heavy atom. The molecule has 1 fully saturated rings. The van der Waals surface area contributed by atoms with Crippen LogP contribution in [0.1, 0.15) is 24.0 Å². The largest absolute Gasteiger partial charge is 0.475 e. The second kappa shape index (κ2) is 10.4. The molecule has 1 aliphatic rings. The van der Waals surface area contributed by atoms with Crippen molar-refractivity contribution in [2.45, 2.75) is 43.7 Å². The molecule has 3 unspecified atom stereocenters. The van der Waals surface area contributed by atoms with Crippen molar-refractivity contribution in [3.63, 3.8) is 0 Å². The minimum absolute atomic E-state index is 0.263. The molecule has 5 N–H and O–H groups in total. The summed E-state index contributed by atoms with van der Waals surface area (Å²) in [7, 11) is -1.71. The van der Waals surface area contributed by atoms with E-state index in [4.69, 9.17) is 5.73 Å². The molecule has 8 heteroatoms. The normalized spacial score (nSPS) is 18.0. The van der Waals surface area contributed by atoms with E-state index in [1.807, 2.05) is 60.7 Å². The van der Waals surface area contributed by atoms with Gasteiger partial charge in [0.15, 0.2) is 0 Å². The SMILES string of the molecule is NC(Cc1ccccc1)C(=O)N1CCCC1C(=O)NC(Cc1ccccc1)B(O)O. The maximum Gasteiger partial charge on any atom is 0.475 e. The Labute approximate surface area is 177 Å². The van der Waals surface area contributed by atoms with Crippen LogP contribution < -0.4 is 11.1 Å². The van der Waals surface area contributed by atoms with E-state index in [2.05, 4.69) is 5.32 Å². The van der Waals surface area contributed by atoms with Gasteiger partial charge in [0, 0.05) is 6.54 Å². The number of hydrogen-bond donors (Lipinski definition) is 4. The van der Waals surface area contributed by atoms with E-state index in [1.165, 1.54) is 4.90 Å². The molecule has 7 nitrogen and oxygen atoms in total. The van der Waals surface area contributed by atoms with E-state index in [1.54, 1.807) is 0 Å². The lowest BCUT2D eigenvalue weighted by Crippen LogP contribution is -2.56. The topological polar surface area (TPSA) is 116 Å². The number of amides is 2. The highest BCUT2D eigenvalue weighted by molar-refractivity contribution is 6.43. The molecule has 0 radical (unpaired) electrons. The van der Waals surface area contributed by atoms with Crippen LogP contribution in [0, 0.1) is 0 Å². The molecule has 2 aromatic rings. The Kier molecular flexibility index (Phi) is 7.62. The standard InChI is InChI=1S/C22H28BN3O4/c24-18(14-16-8-3-1-4-9-16)22(28)26-13-7-12-19(26)21(27)25-20(23(29)30)15-17-10-5-2-6-11-17/h1-6,8-11,18-20,29-30H,7,12-15,24H2,(H,25,27). The van der Waals surface area contributed by atoms with Crippen LogP contribution in [-0.4, -0.2) is 58.5 Å². The van der Waals surface area contributed by atoms with Crippen LogP contribution in [0.3, 0.4) is 0 Å². The van der Waals surface area contributed by atoms with Crippen LogP contribution in [0.4, 0.5) is 0 Å². The average molecular weight is 409 g/mol. The summed E-state index contributed by atoms with van der Waals surface area (Å²) in [6.07, 6.45) is 1.90. The second-order valence-corrected chi connectivity index (χ2v) is 7.70. The number of carbonyl (C=O) groups is 2. The molecule has 3 atom stereocenters. The van der Waals surface area contributed by atoms with Gasteiger partial charge in [-0.05, 0) is 36.8 Å². The van der Waals surface area contributed by atoms with Crippen molar-refractivity contribution in [2.24, 2.45) is 5.73 Å². The number of rotatable bonds is 8. The summed E-state index contributed by atoms with van der Waals surface area (Å²) in [5, 5.41) is 22.2. The fourth-order valence-electron chi connectivity index (χ4n) is 3.85. The Morgan fingerprint density at radius 2 is 1.60 bits per heavy atom. The molecule has 0 aliphatic carbocycles. The van der Waals surface area contributed by atoms with Gasteiger partial charge in [0.2, 0.25) is 11.8 Å². The molecule has 3 rings (SSSR count). The van der Waals surface area contributed by atoms with Crippen molar-refractivity contribution in [1.82, 2.24) is 10.2 Å². The van der Waals surface area contributed by atoms with Crippen LogP contribution in [-0.2, 0) is 22.4 Å². The summed E-state index contributed by atoms with van der Waals surface area (Å²) in [6, 6.07) is 17.4. The molecular weight excluding hydrogens is 381 g/mol. The van der Waals surface area contributed by atoms with Gasteiger partial charge in [-0.1, -0.05) is 60.7 Å². The second-order valence-electron chi connectivity index (χ2n) is 7.70. The summed E-state index contributed by atoms with van der Waals surface area (Å²) in [5.41, 5.74) is 7.98. The zero-order valence-electron chi connectivity index (χ0n) is 16.9. The van der Waals surface area contributed by atoms with Crippen molar-refractivity contribution in [1.29, 1.82) is 0 Å². The van der Waals surface area contributed by atoms with Gasteiger partial charge in [0.05, 0.1) is 12.0 Å². The number of benzene rings is 2. The van der Waals surface area contributed by atoms with E-state index in [9.17, 15) is 19.6 Å². The molecular formula is C22H28BN3O4. The van der Waals surface area contributed by atoms with Gasteiger partial charge in [0.1, 0.15) is 6.04 Å². The predicted molar refractivity (Wildman–Crippen MR) is 115 cm³/mol. The highest BCUT2D eigenvalue weighted by atomic mass is 16.4. The lowest BCUT2D eigenvalue weighted by atomic mass is 9.75. The highest BCUT2D eigenvalue weighted by Crippen LogP contribution is 2.20. The highest BCUT2D eigenvalue weighted by Gasteiger charge is 2.38. The van der Waals surface area contributed by atoms with E-state index in [0.29, 0.717) is 25.8 Å². The zero-order valence-corrected chi connectivity index (χ0v) is 16.9. The van der Waals surface area contributed by atoms with E-state index < -0.39 is 25.1 Å². The lowest BCUT2D eigenvalue weighted by Gasteiger charge is -2.28. The Hall–Kier alpha value is -2.68. The summed E-state index contributed by atoms with van der Waals surface area (Å²) >= 11 is 0. The van der Waals surface area contributed by atoms with Gasteiger partial charge in [-0.15, -0.1) is 0 Å². The number of likely N-dealkylation sites (tertiary alicyclic amines) is 1. The molecule has 2 amide bonds. The van der Waals surface area contributed by atoms with Crippen molar-refractivity contribution in [3.8, 4) is 0 Å². The van der Waals surface area contributed by atoms with E-state index in [-0.39, 0.29) is 18.2 Å². The maximum absolute atomic E-state index is 12.9. The molecule has 1 heterocycles. The molecule has 30 heavy (non-hydrogen) atoms. The van der Waals surface area contributed by atoms with Crippen molar-refractivity contribution in [3.05, 3.63) is 71.8 Å². The first kappa shape index (κ1) is 22.0. The minimum atomic E-state index is -1.71. The molecule has 1 aliphatic heterocycles. The average Bonchev–Trinajstić information content (AvgIpc) is 3.24. The summed E-state index contributed by atoms with van der Waals surface area (Å²) < 4.78 is 0. The number of nitrogens with one attached hydrogen (secondary N) is 1. The quantitative estimate of drug-likeness (QED) is 0.468. The monoisotopic (exact) mass is 409 g/mol. The fourth-order valence-corrected chi connectivity index (χ4v) is 3.85. The molecule has 0 saturated carbocycles. The summed E-state index contributed by atoms with van der Waals surface area (Å²) in [5.74, 6) is -1.52. The molecule has 1 saturated heterocycles. The third-order valence-electron chi connectivity index (χ3n) is 5.44. The van der Waals surface area contributed by atoms with Gasteiger partial charge in [0.25, 0.3) is 0 Å². The number of carbonyl (C=O) groups excluding carboxylic acids is 2. The Morgan fingerprint density at radius 1 is 1.03 bits per heavy atom. The molecule has 0 aromatic heterocycles. The minimum Gasteiger partial charge on any atom is -0.426 e. The third-order valence-corrected chi connectivity index (χ3v) is 5.44. The zero-order chi connectivity index (χ0) is 21.5. The summed E-state index contributed by atoms with van der Waals surface area (Å²) in [4.78, 5) is 27.3. The molecule has 0 spiro atoms. The number of hydrogen-bond acceptors (Lipinski definition) is 5. The van der Waals surface area contributed by atoms with E-state index in [0.717, 1.165) is 11.1 Å². The van der Waals surface area contributed by atoms with Crippen LogP contribution >= 0.6 is 0 Å². The first-order chi connectivity index (χ1) is 14.5. The first-order valence-corrected chi connectivity index (χ1v) is 10.3. The van der Waals surface area contributed by atoms with Gasteiger partial charge in [-0.25, -0.2) is 0 Å². The van der Waals surface area contributed by atoms with Gasteiger partial charge in [-0.3, -0.25) is 9.59 Å². The van der Waals surface area contributed by atoms with Crippen molar-refractivity contribution in [2.75, 3.05) is 6.54 Å². The lowest BCUT2D eigenvalue weighted by molar-refractivity contribution is -0.139. The molecule has 2 aromatic carbocycles. The van der Waals surface area contributed by atoms with Crippen molar-refractivity contribution >= 4 is 18.9 Å². The number of nitrogens with two attached hydrogens (primary N) is 1. The fraction of sp³-hybridized carbons (Fsp3) is 0.364. The van der Waals surface area contributed by atoms with Gasteiger partial charge in [-0.2, -0.15) is 0 Å². The molecule has 158 valence electrons. The van der Waals surface area contributed by atoms with E-state index >= 15 is 0 Å². The van der Waals surface area contributed by atoms with Crippen LogP contribution in [0.15, 0.2) is 60.7 Å². The van der Waals surface area contributed by atoms with Gasteiger partial charge < -0.3 is 26.0 Å². The van der Waals surface area contributed by atoms with Crippen LogP contribution in [0.2, 0.25) is 0 Å². The molecule has 0 bridgehead atoms. The smallest absolute Gasteiger partial charge is 0.426 e. The Bertz CT molecular complexity index is 835. The van der Waals surface area contributed by atoms with Crippen LogP contribution in [0.5, 0.6) is 0 Å². The predicted octanol–water partition coefficient (Wildman–Crippen LogP) is 0.287. The van der Waals surface area contributed by atoms with Crippen molar-refractivity contribution < 1.29 is 19.6 Å². The first-order valence-electron chi connectivity index (χ1n) is 10.3. The summed E-state index contributed by atoms with van der Waals surface area (Å²) in [6.45, 7) is 0.463. The third kappa shape index (κ3) is 5.69. The van der Waals surface area contributed by atoms with Crippen LogP contribution in [0.25, 0.3) is 0 Å².